The molecule has 0 saturated heterocycles. The van der Waals surface area contributed by atoms with Gasteiger partial charge in [-0.2, -0.15) is 13.2 Å². The van der Waals surface area contributed by atoms with E-state index in [9.17, 15) is 18.0 Å². The molecule has 2 heterocycles. The number of nitrogens with zero attached hydrogens (tertiary/aromatic N) is 2. The quantitative estimate of drug-likeness (QED) is 0.458. The molecule has 0 fully saturated rings. The molecule has 0 bridgehead atoms. The van der Waals surface area contributed by atoms with E-state index in [1.54, 1.807) is 6.92 Å². The van der Waals surface area contributed by atoms with Crippen LogP contribution in [0.4, 0.5) is 13.2 Å². The van der Waals surface area contributed by atoms with Gasteiger partial charge in [-0.05, 0) is 25.5 Å². The third kappa shape index (κ3) is 4.86. The number of fused-ring (bicyclic) bond motifs is 1. The second kappa shape index (κ2) is 8.38. The van der Waals surface area contributed by atoms with Gasteiger partial charge >= 0.3 is 6.18 Å². The highest BCUT2D eigenvalue weighted by atomic mass is 35.5. The Morgan fingerprint density at radius 3 is 2.79 bits per heavy atom. The topological polar surface area (TPSA) is 93.9 Å². The summed E-state index contributed by atoms with van der Waals surface area (Å²) in [6, 6.07) is 4.57. The number of hydrogen-bond acceptors (Lipinski definition) is 5. The Kier molecular flexibility index (Phi) is 6.09. The van der Waals surface area contributed by atoms with Gasteiger partial charge in [-0.3, -0.25) is 4.79 Å². The number of benzene rings is 1. The molecule has 1 aromatic carbocycles. The van der Waals surface area contributed by atoms with Gasteiger partial charge < -0.3 is 15.5 Å². The van der Waals surface area contributed by atoms with E-state index in [1.165, 1.54) is 24.4 Å². The van der Waals surface area contributed by atoms with Crippen molar-refractivity contribution >= 4 is 22.5 Å². The van der Waals surface area contributed by atoms with E-state index in [0.717, 1.165) is 6.07 Å². The van der Waals surface area contributed by atoms with E-state index in [1.807, 2.05) is 0 Å². The number of halogens is 4. The van der Waals surface area contributed by atoms with Crippen LogP contribution in [-0.2, 0) is 12.6 Å². The van der Waals surface area contributed by atoms with Crippen molar-refractivity contribution < 1.29 is 17.9 Å². The summed E-state index contributed by atoms with van der Waals surface area (Å²) in [6.45, 7) is 1.58. The summed E-state index contributed by atoms with van der Waals surface area (Å²) in [5.41, 5.74) is 5.22. The van der Waals surface area contributed by atoms with Crippen LogP contribution >= 0.6 is 11.6 Å². The van der Waals surface area contributed by atoms with Gasteiger partial charge in [0, 0.05) is 18.0 Å². The molecular formula is C19H18ClF3N4O2. The smallest absolute Gasteiger partial charge is 0.419 e. The molecule has 0 aliphatic rings. The molecule has 6 nitrogen and oxygen atoms in total. The fourth-order valence-corrected chi connectivity index (χ4v) is 3.05. The number of H-pyrrole nitrogens is 1. The minimum atomic E-state index is -4.56. The Balaban J connectivity index is 1.73. The number of aromatic amines is 1. The van der Waals surface area contributed by atoms with Gasteiger partial charge in [-0.1, -0.05) is 23.7 Å². The summed E-state index contributed by atoms with van der Waals surface area (Å²) < 4.78 is 45.4. The van der Waals surface area contributed by atoms with Crippen molar-refractivity contribution in [2.24, 2.45) is 5.73 Å². The lowest BCUT2D eigenvalue weighted by molar-refractivity contribution is -0.139. The van der Waals surface area contributed by atoms with Crippen LogP contribution in [0.25, 0.3) is 10.9 Å². The molecule has 0 spiro atoms. The number of ether oxygens (including phenoxy) is 1. The van der Waals surface area contributed by atoms with Crippen LogP contribution in [-0.4, -0.2) is 21.6 Å². The second-order valence-corrected chi connectivity index (χ2v) is 6.89. The summed E-state index contributed by atoms with van der Waals surface area (Å²) >= 11 is 5.77. The highest BCUT2D eigenvalue weighted by Crippen LogP contribution is 2.39. The highest BCUT2D eigenvalue weighted by molar-refractivity contribution is 6.30. The maximum absolute atomic E-state index is 13.3. The molecule has 3 aromatic rings. The van der Waals surface area contributed by atoms with Crippen LogP contribution in [0.15, 0.2) is 35.3 Å². The minimum absolute atomic E-state index is 0.00652. The SMILES string of the molecule is CC(N)c1cccc(C(F)(F)F)c1OCCCc1nc2cnc(Cl)cc2c(=O)[nH]1. The van der Waals surface area contributed by atoms with Crippen molar-refractivity contribution in [1.82, 2.24) is 15.0 Å². The number of pyridine rings is 1. The van der Waals surface area contributed by atoms with Crippen molar-refractivity contribution in [2.75, 3.05) is 6.61 Å². The van der Waals surface area contributed by atoms with Gasteiger partial charge in [-0.15, -0.1) is 0 Å². The largest absolute Gasteiger partial charge is 0.493 e. The molecule has 3 rings (SSSR count). The number of aryl methyl sites for hydroxylation is 1. The predicted molar refractivity (Wildman–Crippen MR) is 103 cm³/mol. The van der Waals surface area contributed by atoms with E-state index in [2.05, 4.69) is 15.0 Å². The number of rotatable bonds is 6. The molecule has 0 aliphatic carbocycles. The Hall–Kier alpha value is -2.65. The summed E-state index contributed by atoms with van der Waals surface area (Å²) in [5.74, 6) is 0.112. The van der Waals surface area contributed by atoms with Crippen LogP contribution in [0, 0.1) is 0 Å². The Bertz CT molecular complexity index is 1080. The fraction of sp³-hybridized carbons (Fsp3) is 0.316. The van der Waals surface area contributed by atoms with Gasteiger partial charge in [0.05, 0.1) is 29.3 Å². The average Bonchev–Trinajstić information content (AvgIpc) is 2.65. The summed E-state index contributed by atoms with van der Waals surface area (Å²) in [6.07, 6.45) is -2.53. The first-order valence-electron chi connectivity index (χ1n) is 8.79. The molecule has 154 valence electrons. The maximum atomic E-state index is 13.3. The van der Waals surface area contributed by atoms with Gasteiger partial charge in [0.25, 0.3) is 5.56 Å². The molecule has 0 amide bonds. The highest BCUT2D eigenvalue weighted by Gasteiger charge is 2.35. The van der Waals surface area contributed by atoms with Crippen molar-refractivity contribution in [2.45, 2.75) is 32.0 Å². The molecule has 1 unspecified atom stereocenters. The molecule has 10 heteroatoms. The lowest BCUT2D eigenvalue weighted by atomic mass is 10.0. The summed E-state index contributed by atoms with van der Waals surface area (Å²) in [7, 11) is 0. The first-order valence-corrected chi connectivity index (χ1v) is 9.17. The van der Waals surface area contributed by atoms with E-state index < -0.39 is 17.8 Å². The van der Waals surface area contributed by atoms with Gasteiger partial charge in [0.2, 0.25) is 0 Å². The van der Waals surface area contributed by atoms with E-state index in [-0.39, 0.29) is 28.6 Å². The van der Waals surface area contributed by atoms with Crippen LogP contribution in [0.2, 0.25) is 5.15 Å². The first-order chi connectivity index (χ1) is 13.7. The lowest BCUT2D eigenvalue weighted by Crippen LogP contribution is -2.16. The van der Waals surface area contributed by atoms with Crippen LogP contribution in [0.3, 0.4) is 0 Å². The van der Waals surface area contributed by atoms with Crippen LogP contribution in [0.5, 0.6) is 5.75 Å². The van der Waals surface area contributed by atoms with Gasteiger partial charge in [0.15, 0.2) is 0 Å². The summed E-state index contributed by atoms with van der Waals surface area (Å²) in [5, 5.41) is 0.491. The number of aromatic nitrogens is 3. The molecule has 2 aromatic heterocycles. The fourth-order valence-electron chi connectivity index (χ4n) is 2.90. The zero-order valence-electron chi connectivity index (χ0n) is 15.4. The Morgan fingerprint density at radius 2 is 2.10 bits per heavy atom. The Labute approximate surface area is 168 Å². The van der Waals surface area contributed by atoms with Crippen LogP contribution < -0.4 is 16.0 Å². The third-order valence-electron chi connectivity index (χ3n) is 4.25. The number of para-hydroxylation sites is 1. The first kappa shape index (κ1) is 21.1. The Morgan fingerprint density at radius 1 is 1.34 bits per heavy atom. The van der Waals surface area contributed by atoms with Gasteiger partial charge in [0.1, 0.15) is 16.7 Å². The van der Waals surface area contributed by atoms with Gasteiger partial charge in [-0.25, -0.2) is 9.97 Å². The summed E-state index contributed by atoms with van der Waals surface area (Å²) in [4.78, 5) is 22.9. The minimum Gasteiger partial charge on any atom is -0.493 e. The molecule has 0 aliphatic heterocycles. The zero-order chi connectivity index (χ0) is 21.2. The lowest BCUT2D eigenvalue weighted by Gasteiger charge is -2.19. The standard InChI is InChI=1S/C19H18ClF3N4O2/c1-10(24)11-4-2-5-13(19(21,22)23)17(11)29-7-3-6-16-26-14-9-25-15(20)8-12(14)18(28)27-16/h2,4-5,8-10H,3,6-7,24H2,1H3,(H,26,27,28). The van der Waals surface area contributed by atoms with E-state index in [4.69, 9.17) is 22.1 Å². The van der Waals surface area contributed by atoms with E-state index in [0.29, 0.717) is 29.6 Å². The average molecular weight is 427 g/mol. The van der Waals surface area contributed by atoms with Crippen molar-refractivity contribution in [1.29, 1.82) is 0 Å². The number of nitrogens with one attached hydrogen (secondary N) is 1. The molecule has 29 heavy (non-hydrogen) atoms. The molecular weight excluding hydrogens is 409 g/mol. The van der Waals surface area contributed by atoms with Crippen molar-refractivity contribution in [3.8, 4) is 5.75 Å². The number of nitrogens with two attached hydrogens (primary N) is 1. The van der Waals surface area contributed by atoms with Crippen molar-refractivity contribution in [3.63, 3.8) is 0 Å². The van der Waals surface area contributed by atoms with E-state index >= 15 is 0 Å². The normalized spacial score (nSPS) is 12.9. The third-order valence-corrected chi connectivity index (χ3v) is 4.46. The molecule has 1 atom stereocenters. The zero-order valence-corrected chi connectivity index (χ0v) is 16.1. The number of hydrogen-bond donors (Lipinski definition) is 2. The molecule has 3 N–H and O–H groups in total. The number of alkyl halides is 3. The molecule has 0 saturated carbocycles. The monoisotopic (exact) mass is 426 g/mol. The maximum Gasteiger partial charge on any atom is 0.419 e. The molecule has 0 radical (unpaired) electrons. The van der Waals surface area contributed by atoms with Crippen LogP contribution in [0.1, 0.15) is 36.3 Å². The second-order valence-electron chi connectivity index (χ2n) is 6.50. The predicted octanol–water partition coefficient (Wildman–Crippen LogP) is 4.02. The van der Waals surface area contributed by atoms with Crippen molar-refractivity contribution in [3.05, 3.63) is 62.9 Å².